The standard InChI is InChI=1S/C36H28O16/c37-14-5-20(39)18-10-26(45)34(50-27(18)7-14)12-1-16-17(9-25(44)33(48)30(16)32(47)24(43)2-12)35-29(11-19-21(40)6-15(38)8-28(19)51-35)52-36(49)13-3-22(41)31(46)23(42)4-13/h1-9,26,29,34-35,37-42,44-46,48H,10-11H2,(H,43,47)/t26-,29+,34?,35?/m1/s1. The van der Waals surface area contributed by atoms with Crippen molar-refractivity contribution in [2.75, 3.05) is 0 Å². The Morgan fingerprint density at radius 2 is 1.17 bits per heavy atom. The predicted octanol–water partition coefficient (Wildman–Crippen LogP) is 3.19. The highest BCUT2D eigenvalue weighted by molar-refractivity contribution is 5.94. The summed E-state index contributed by atoms with van der Waals surface area (Å²) in [5.74, 6) is -8.24. The molecule has 0 amide bonds. The monoisotopic (exact) mass is 716 g/mol. The average Bonchev–Trinajstić information content (AvgIpc) is 3.20. The fourth-order valence-corrected chi connectivity index (χ4v) is 6.53. The van der Waals surface area contributed by atoms with Gasteiger partial charge in [-0.1, -0.05) is 0 Å². The van der Waals surface area contributed by atoms with Gasteiger partial charge in [0.05, 0.1) is 17.1 Å². The second kappa shape index (κ2) is 12.1. The summed E-state index contributed by atoms with van der Waals surface area (Å²) >= 11 is 0. The number of esters is 1. The quantitative estimate of drug-likeness (QED) is 0.0940. The Hall–Kier alpha value is -6.94. The second-order valence-corrected chi connectivity index (χ2v) is 12.4. The Balaban J connectivity index is 1.42. The molecule has 2 unspecified atom stereocenters. The van der Waals surface area contributed by atoms with E-state index in [9.17, 15) is 65.8 Å². The van der Waals surface area contributed by atoms with Crippen molar-refractivity contribution >= 4 is 16.7 Å². The molecule has 52 heavy (non-hydrogen) atoms. The van der Waals surface area contributed by atoms with Crippen molar-refractivity contribution in [1.82, 2.24) is 0 Å². The molecule has 0 spiro atoms. The average molecular weight is 717 g/mol. The number of aromatic hydroxyl groups is 10. The number of carbonyl (C=O) groups excluding carboxylic acids is 1. The molecular weight excluding hydrogens is 688 g/mol. The molecule has 0 saturated carbocycles. The Bertz CT molecular complexity index is 2370. The fourth-order valence-electron chi connectivity index (χ4n) is 6.53. The number of hydrogen-bond donors (Lipinski definition) is 11. The molecule has 0 fully saturated rings. The molecule has 2 aliphatic heterocycles. The van der Waals surface area contributed by atoms with Gasteiger partial charge < -0.3 is 70.4 Å². The van der Waals surface area contributed by atoms with Gasteiger partial charge in [0.25, 0.3) is 0 Å². The van der Waals surface area contributed by atoms with Crippen LogP contribution in [0.2, 0.25) is 0 Å². The summed E-state index contributed by atoms with van der Waals surface area (Å²) in [5.41, 5.74) is -1.59. The van der Waals surface area contributed by atoms with E-state index in [4.69, 9.17) is 14.2 Å². The van der Waals surface area contributed by atoms with E-state index in [1.165, 1.54) is 12.1 Å². The van der Waals surface area contributed by atoms with Crippen LogP contribution in [0, 0.1) is 0 Å². The lowest BCUT2D eigenvalue weighted by Crippen LogP contribution is -2.35. The maximum atomic E-state index is 13.6. The van der Waals surface area contributed by atoms with Crippen LogP contribution in [0.15, 0.2) is 59.4 Å². The fraction of sp³-hybridized carbons (Fsp3) is 0.167. The molecule has 4 atom stereocenters. The molecule has 7 rings (SSSR count). The summed E-state index contributed by atoms with van der Waals surface area (Å²) in [5, 5.41) is 114. The molecule has 5 aromatic rings. The Labute approximate surface area is 290 Å². The first-order chi connectivity index (χ1) is 24.6. The molecule has 0 radical (unpaired) electrons. The molecule has 16 heteroatoms. The first-order valence-electron chi connectivity index (χ1n) is 15.4. The highest BCUT2D eigenvalue weighted by Crippen LogP contribution is 2.48. The molecule has 0 bridgehead atoms. The number of carbonyl (C=O) groups is 1. The first-order valence-corrected chi connectivity index (χ1v) is 15.4. The SMILES string of the molecule is O=C(O[C@H]1Cc2c(O)cc(O)cc2OC1c1cc(O)c(O)c2c(=O)c(O)cc(C3Oc4cc(O)cc(O)c4C[C@H]3O)cc12)c1cc(O)c(O)c(O)c1. The topological polar surface area (TPSA) is 284 Å². The third-order valence-electron chi connectivity index (χ3n) is 8.98. The van der Waals surface area contributed by atoms with Crippen LogP contribution in [0.4, 0.5) is 0 Å². The van der Waals surface area contributed by atoms with Gasteiger partial charge in [0.15, 0.2) is 40.6 Å². The molecule has 268 valence electrons. The van der Waals surface area contributed by atoms with E-state index in [0.717, 1.165) is 42.5 Å². The number of phenols is 9. The summed E-state index contributed by atoms with van der Waals surface area (Å²) < 4.78 is 17.8. The number of rotatable bonds is 4. The number of aliphatic hydroxyl groups is 1. The van der Waals surface area contributed by atoms with Crippen molar-refractivity contribution in [3.63, 3.8) is 0 Å². The van der Waals surface area contributed by atoms with Crippen LogP contribution >= 0.6 is 0 Å². The van der Waals surface area contributed by atoms with Crippen molar-refractivity contribution in [2.24, 2.45) is 0 Å². The van der Waals surface area contributed by atoms with Gasteiger partial charge in [-0.2, -0.15) is 0 Å². The molecule has 16 nitrogen and oxygen atoms in total. The van der Waals surface area contributed by atoms with Gasteiger partial charge in [0.2, 0.25) is 5.43 Å². The molecular formula is C36H28O16. The summed E-state index contributed by atoms with van der Waals surface area (Å²) in [7, 11) is 0. The van der Waals surface area contributed by atoms with Crippen molar-refractivity contribution in [3.8, 4) is 69.0 Å². The number of hydrogen-bond acceptors (Lipinski definition) is 16. The molecule has 0 saturated heterocycles. The largest absolute Gasteiger partial charge is 0.508 e. The number of benzene rings is 4. The first kappa shape index (κ1) is 33.6. The van der Waals surface area contributed by atoms with Gasteiger partial charge >= 0.3 is 5.97 Å². The number of fused-ring (bicyclic) bond motifs is 3. The third kappa shape index (κ3) is 5.56. The van der Waals surface area contributed by atoms with Crippen molar-refractivity contribution in [2.45, 2.75) is 37.3 Å². The molecule has 0 aliphatic carbocycles. The minimum Gasteiger partial charge on any atom is -0.508 e. The van der Waals surface area contributed by atoms with Gasteiger partial charge in [-0.3, -0.25) is 4.79 Å². The second-order valence-electron chi connectivity index (χ2n) is 12.4. The maximum Gasteiger partial charge on any atom is 0.338 e. The highest BCUT2D eigenvalue weighted by atomic mass is 16.6. The van der Waals surface area contributed by atoms with Crippen LogP contribution in [0.25, 0.3) is 10.8 Å². The summed E-state index contributed by atoms with van der Waals surface area (Å²) in [6.45, 7) is 0. The van der Waals surface area contributed by atoms with E-state index in [-0.39, 0.29) is 63.5 Å². The van der Waals surface area contributed by atoms with Crippen LogP contribution in [0.5, 0.6) is 69.0 Å². The molecule has 0 aromatic heterocycles. The number of aliphatic hydroxyl groups excluding tert-OH is 1. The number of phenolic OH excluding ortho intramolecular Hbond substituents is 9. The van der Waals surface area contributed by atoms with Crippen LogP contribution in [0.1, 0.15) is 44.8 Å². The zero-order valence-corrected chi connectivity index (χ0v) is 26.4. The van der Waals surface area contributed by atoms with Gasteiger partial charge in [0.1, 0.15) is 46.7 Å². The molecule has 2 aliphatic rings. The van der Waals surface area contributed by atoms with E-state index in [1.54, 1.807) is 0 Å². The minimum atomic E-state index is -1.53. The molecule has 2 heterocycles. The Morgan fingerprint density at radius 3 is 1.79 bits per heavy atom. The van der Waals surface area contributed by atoms with E-state index in [2.05, 4.69) is 0 Å². The zero-order chi connectivity index (χ0) is 37.3. The summed E-state index contributed by atoms with van der Waals surface area (Å²) in [6, 6.07) is 9.20. The number of ether oxygens (including phenoxy) is 3. The van der Waals surface area contributed by atoms with Crippen LogP contribution in [0.3, 0.4) is 0 Å². The van der Waals surface area contributed by atoms with E-state index < -0.39 is 92.8 Å². The lowest BCUT2D eigenvalue weighted by atomic mass is 9.90. The summed E-state index contributed by atoms with van der Waals surface area (Å²) in [6.07, 6.45) is -6.28. The van der Waals surface area contributed by atoms with Crippen molar-refractivity contribution in [3.05, 3.63) is 92.6 Å². The van der Waals surface area contributed by atoms with Crippen LogP contribution in [-0.2, 0) is 17.6 Å². The van der Waals surface area contributed by atoms with Crippen LogP contribution < -0.4 is 14.9 Å². The van der Waals surface area contributed by atoms with Crippen molar-refractivity contribution < 1.29 is 75.2 Å². The van der Waals surface area contributed by atoms with Gasteiger partial charge in [-0.25, -0.2) is 4.79 Å². The molecule has 5 aromatic carbocycles. The Morgan fingerprint density at radius 1 is 0.615 bits per heavy atom. The lowest BCUT2D eigenvalue weighted by molar-refractivity contribution is -0.0184. The lowest BCUT2D eigenvalue weighted by Gasteiger charge is -2.34. The molecule has 11 N–H and O–H groups in total. The van der Waals surface area contributed by atoms with Gasteiger partial charge in [-0.05, 0) is 41.3 Å². The minimum absolute atomic E-state index is 0.0173. The highest BCUT2D eigenvalue weighted by Gasteiger charge is 2.39. The van der Waals surface area contributed by atoms with Crippen molar-refractivity contribution in [1.29, 1.82) is 0 Å². The Kier molecular flexibility index (Phi) is 7.83. The predicted molar refractivity (Wildman–Crippen MR) is 176 cm³/mol. The van der Waals surface area contributed by atoms with Crippen LogP contribution in [-0.4, -0.2) is 74.3 Å². The maximum absolute atomic E-state index is 13.6. The van der Waals surface area contributed by atoms with E-state index in [1.807, 2.05) is 0 Å². The zero-order valence-electron chi connectivity index (χ0n) is 26.4. The third-order valence-corrected chi connectivity index (χ3v) is 8.98. The van der Waals surface area contributed by atoms with Gasteiger partial charge in [0, 0.05) is 53.8 Å². The van der Waals surface area contributed by atoms with E-state index in [0.29, 0.717) is 0 Å². The normalized spacial score (nSPS) is 19.2. The van der Waals surface area contributed by atoms with Gasteiger partial charge in [-0.15, -0.1) is 0 Å². The summed E-state index contributed by atoms with van der Waals surface area (Å²) in [4.78, 5) is 27.0. The smallest absolute Gasteiger partial charge is 0.338 e. The van der Waals surface area contributed by atoms with E-state index >= 15 is 0 Å².